The molecule has 1 aromatic carbocycles. The Morgan fingerprint density at radius 2 is 2.00 bits per heavy atom. The number of halogens is 2. The minimum atomic E-state index is -4.36. The Labute approximate surface area is 204 Å². The second kappa shape index (κ2) is 10.7. The third-order valence-corrected chi connectivity index (χ3v) is 7.28. The number of para-hydroxylation sites is 1. The van der Waals surface area contributed by atoms with Gasteiger partial charge in [-0.25, -0.2) is 9.36 Å². The largest absolute Gasteiger partial charge is 0.465 e. The standard InChI is InChI=1S/C22H26F2N3O8P/c1-14-10-11-27(21(30)25-14)20-22(23,24)18(28)17(34-20)13-33-36(31,35-15-7-3-2-4-8-15)26-16-9-5-6-12-32-19(16)29/h2-4,7-8,10-11,16-18,20,28H,5-6,9,12-13H2,1H3,(H,26,31). The summed E-state index contributed by atoms with van der Waals surface area (Å²) in [5.41, 5.74) is -0.667. The molecule has 36 heavy (non-hydrogen) atoms. The Hall–Kier alpha value is -2.70. The first-order chi connectivity index (χ1) is 17.1. The molecule has 0 spiro atoms. The molecule has 3 heterocycles. The Morgan fingerprint density at radius 3 is 2.72 bits per heavy atom. The summed E-state index contributed by atoms with van der Waals surface area (Å²) in [5.74, 6) is -4.41. The number of aryl methyl sites for hydroxylation is 1. The van der Waals surface area contributed by atoms with Gasteiger partial charge in [0.1, 0.15) is 17.9 Å². The molecule has 2 aliphatic rings. The number of rotatable bonds is 8. The van der Waals surface area contributed by atoms with Gasteiger partial charge in [-0.2, -0.15) is 18.9 Å². The number of nitrogens with zero attached hydrogens (tertiary/aromatic N) is 2. The van der Waals surface area contributed by atoms with Gasteiger partial charge in [-0.3, -0.25) is 13.9 Å². The normalized spacial score (nSPS) is 27.6. The third kappa shape index (κ3) is 5.81. The lowest BCUT2D eigenvalue weighted by Gasteiger charge is -2.25. The topological polar surface area (TPSA) is 138 Å². The van der Waals surface area contributed by atoms with Crippen molar-refractivity contribution >= 4 is 13.7 Å². The van der Waals surface area contributed by atoms with Gasteiger partial charge in [-0.15, -0.1) is 0 Å². The molecular formula is C22H26F2N3O8P. The average Bonchev–Trinajstić information content (AvgIpc) is 2.94. The number of benzene rings is 1. The Kier molecular flexibility index (Phi) is 7.86. The number of cyclic esters (lactones) is 1. The minimum absolute atomic E-state index is 0.128. The van der Waals surface area contributed by atoms with E-state index >= 15 is 0 Å². The molecule has 11 nitrogen and oxygen atoms in total. The molecule has 2 aliphatic heterocycles. The maximum atomic E-state index is 14.9. The van der Waals surface area contributed by atoms with Crippen molar-refractivity contribution in [2.24, 2.45) is 0 Å². The molecule has 2 N–H and O–H groups in total. The van der Waals surface area contributed by atoms with Crippen molar-refractivity contribution < 1.29 is 41.8 Å². The molecule has 196 valence electrons. The molecular weight excluding hydrogens is 503 g/mol. The number of esters is 1. The molecule has 2 aromatic rings. The van der Waals surface area contributed by atoms with E-state index in [0.717, 1.165) is 6.20 Å². The number of ether oxygens (including phenoxy) is 2. The quantitative estimate of drug-likeness (QED) is 0.387. The summed E-state index contributed by atoms with van der Waals surface area (Å²) in [5, 5.41) is 12.8. The van der Waals surface area contributed by atoms with Crippen LogP contribution in [0.15, 0.2) is 47.4 Å². The maximum Gasteiger partial charge on any atom is 0.459 e. The van der Waals surface area contributed by atoms with Crippen LogP contribution in [-0.2, 0) is 23.4 Å². The first-order valence-corrected chi connectivity index (χ1v) is 12.8. The zero-order valence-electron chi connectivity index (χ0n) is 19.3. The molecule has 1 aromatic heterocycles. The molecule has 0 bridgehead atoms. The Balaban J connectivity index is 1.53. The van der Waals surface area contributed by atoms with Crippen LogP contribution in [0.4, 0.5) is 8.78 Å². The van der Waals surface area contributed by atoms with Crippen molar-refractivity contribution in [2.75, 3.05) is 13.2 Å². The second-order valence-electron chi connectivity index (χ2n) is 8.45. The third-order valence-electron chi connectivity index (χ3n) is 5.71. The summed E-state index contributed by atoms with van der Waals surface area (Å²) in [6, 6.07) is 8.22. The molecule has 5 unspecified atom stereocenters. The van der Waals surface area contributed by atoms with E-state index in [0.29, 0.717) is 23.1 Å². The van der Waals surface area contributed by atoms with E-state index in [1.165, 1.54) is 25.1 Å². The van der Waals surface area contributed by atoms with Crippen molar-refractivity contribution in [2.45, 2.75) is 56.6 Å². The first kappa shape index (κ1) is 26.4. The van der Waals surface area contributed by atoms with Crippen LogP contribution in [0.3, 0.4) is 0 Å². The van der Waals surface area contributed by atoms with Crippen molar-refractivity contribution in [3.8, 4) is 5.75 Å². The van der Waals surface area contributed by atoms with Gasteiger partial charge in [0.05, 0.1) is 13.2 Å². The van der Waals surface area contributed by atoms with Gasteiger partial charge in [0.25, 0.3) is 0 Å². The second-order valence-corrected chi connectivity index (χ2v) is 10.1. The Morgan fingerprint density at radius 1 is 1.25 bits per heavy atom. The summed E-state index contributed by atoms with van der Waals surface area (Å²) < 4.78 is 65.2. The number of aliphatic hydroxyl groups is 1. The predicted octanol–water partition coefficient (Wildman–Crippen LogP) is 2.33. The van der Waals surface area contributed by atoms with Gasteiger partial charge in [-0.05, 0) is 44.4 Å². The van der Waals surface area contributed by atoms with Crippen molar-refractivity contribution in [3.05, 3.63) is 58.8 Å². The fourth-order valence-electron chi connectivity index (χ4n) is 3.81. The first-order valence-electron chi connectivity index (χ1n) is 11.3. The van der Waals surface area contributed by atoms with E-state index < -0.39 is 56.4 Å². The highest BCUT2D eigenvalue weighted by atomic mass is 31.2. The SMILES string of the molecule is Cc1ccn(C2OC(COP(=O)(NC3CCCCOC3=O)Oc3ccccc3)C(O)C2(F)F)c(=O)n1. The fourth-order valence-corrected chi connectivity index (χ4v) is 5.35. The van der Waals surface area contributed by atoms with Crippen LogP contribution in [0.25, 0.3) is 0 Å². The van der Waals surface area contributed by atoms with Crippen LogP contribution in [0, 0.1) is 6.92 Å². The van der Waals surface area contributed by atoms with Gasteiger partial charge in [-0.1, -0.05) is 18.2 Å². The smallest absolute Gasteiger partial charge is 0.459 e. The van der Waals surface area contributed by atoms with E-state index in [9.17, 15) is 28.0 Å². The highest BCUT2D eigenvalue weighted by molar-refractivity contribution is 7.52. The number of aliphatic hydroxyl groups excluding tert-OH is 1. The number of alkyl halides is 2. The lowest BCUT2D eigenvalue weighted by Crippen LogP contribution is -2.42. The Bertz CT molecular complexity index is 1180. The summed E-state index contributed by atoms with van der Waals surface area (Å²) in [4.78, 5) is 28.0. The number of hydrogen-bond donors (Lipinski definition) is 2. The van der Waals surface area contributed by atoms with Gasteiger partial charge in [0, 0.05) is 11.9 Å². The van der Waals surface area contributed by atoms with E-state index in [1.54, 1.807) is 18.2 Å². The van der Waals surface area contributed by atoms with Crippen LogP contribution in [-0.4, -0.2) is 58.0 Å². The van der Waals surface area contributed by atoms with Gasteiger partial charge in [0.15, 0.2) is 6.10 Å². The summed E-state index contributed by atoms with van der Waals surface area (Å²) in [6.07, 6.45) is -3.65. The van der Waals surface area contributed by atoms with Gasteiger partial charge in [0.2, 0.25) is 6.23 Å². The highest BCUT2D eigenvalue weighted by Gasteiger charge is 2.60. The molecule has 2 saturated heterocycles. The van der Waals surface area contributed by atoms with Crippen LogP contribution < -0.4 is 15.3 Å². The van der Waals surface area contributed by atoms with Gasteiger partial charge >= 0.3 is 25.3 Å². The van der Waals surface area contributed by atoms with E-state index in [4.69, 9.17) is 18.5 Å². The molecule has 0 amide bonds. The molecule has 0 saturated carbocycles. The molecule has 14 heteroatoms. The van der Waals surface area contributed by atoms with E-state index in [1.807, 2.05) is 0 Å². The summed E-state index contributed by atoms with van der Waals surface area (Å²) in [6.45, 7) is 0.930. The molecule has 5 atom stereocenters. The molecule has 0 aliphatic carbocycles. The van der Waals surface area contributed by atoms with Crippen molar-refractivity contribution in [3.63, 3.8) is 0 Å². The monoisotopic (exact) mass is 529 g/mol. The van der Waals surface area contributed by atoms with Crippen LogP contribution in [0.1, 0.15) is 31.2 Å². The van der Waals surface area contributed by atoms with Crippen molar-refractivity contribution in [1.29, 1.82) is 0 Å². The van der Waals surface area contributed by atoms with E-state index in [-0.39, 0.29) is 18.8 Å². The lowest BCUT2D eigenvalue weighted by molar-refractivity contribution is -0.144. The highest BCUT2D eigenvalue weighted by Crippen LogP contribution is 2.48. The van der Waals surface area contributed by atoms with E-state index in [2.05, 4.69) is 10.1 Å². The number of carbonyl (C=O) groups excluding carboxylic acids is 1. The van der Waals surface area contributed by atoms with Crippen LogP contribution in [0.5, 0.6) is 5.75 Å². The number of hydrogen-bond acceptors (Lipinski definition) is 9. The summed E-state index contributed by atoms with van der Waals surface area (Å²) in [7, 11) is -4.36. The summed E-state index contributed by atoms with van der Waals surface area (Å²) >= 11 is 0. The van der Waals surface area contributed by atoms with Crippen LogP contribution in [0.2, 0.25) is 0 Å². The number of aromatic nitrogens is 2. The van der Waals surface area contributed by atoms with Gasteiger partial charge < -0.3 is 19.1 Å². The molecule has 0 radical (unpaired) electrons. The molecule has 2 fully saturated rings. The average molecular weight is 529 g/mol. The molecule has 4 rings (SSSR count). The number of nitrogens with one attached hydrogen (secondary N) is 1. The lowest BCUT2D eigenvalue weighted by atomic mass is 10.1. The minimum Gasteiger partial charge on any atom is -0.465 e. The van der Waals surface area contributed by atoms with Crippen LogP contribution >= 0.6 is 7.75 Å². The zero-order chi connectivity index (χ0) is 25.9. The predicted molar refractivity (Wildman–Crippen MR) is 120 cm³/mol. The number of carbonyl (C=O) groups is 1. The van der Waals surface area contributed by atoms with Crippen molar-refractivity contribution in [1.82, 2.24) is 14.6 Å². The maximum absolute atomic E-state index is 14.9. The zero-order valence-corrected chi connectivity index (χ0v) is 20.2. The fraction of sp³-hybridized carbons (Fsp3) is 0.500.